The van der Waals surface area contributed by atoms with Crippen LogP contribution in [0, 0.1) is 12.7 Å². The summed E-state index contributed by atoms with van der Waals surface area (Å²) in [5.74, 6) is -0.132. The highest BCUT2D eigenvalue weighted by Crippen LogP contribution is 2.17. The van der Waals surface area contributed by atoms with Crippen LogP contribution in [0.1, 0.15) is 42.6 Å². The van der Waals surface area contributed by atoms with Gasteiger partial charge in [-0.3, -0.25) is 4.79 Å². The molecule has 0 aliphatic rings. The Kier molecular flexibility index (Phi) is 6.29. The first-order valence-electron chi connectivity index (χ1n) is 6.68. The van der Waals surface area contributed by atoms with Crippen molar-refractivity contribution in [1.82, 2.24) is 4.90 Å². The fraction of sp³-hybridized carbons (Fsp3) is 0.533. The highest BCUT2D eigenvalue weighted by atomic mass is 35.5. The summed E-state index contributed by atoms with van der Waals surface area (Å²) in [7, 11) is 0. The largest absolute Gasteiger partial charge is 0.334 e. The number of alkyl halides is 1. The Labute approximate surface area is 119 Å². The molecule has 0 N–H and O–H groups in total. The van der Waals surface area contributed by atoms with Gasteiger partial charge in [-0.05, 0) is 37.5 Å². The van der Waals surface area contributed by atoms with Crippen LogP contribution in [-0.4, -0.2) is 29.3 Å². The average Bonchev–Trinajstić information content (AvgIpc) is 2.41. The van der Waals surface area contributed by atoms with E-state index >= 15 is 0 Å². The molecule has 0 saturated carbocycles. The van der Waals surface area contributed by atoms with E-state index < -0.39 is 0 Å². The Morgan fingerprint density at radius 3 is 2.53 bits per heavy atom. The number of carbonyl (C=O) groups is 1. The van der Waals surface area contributed by atoms with Crippen LogP contribution in [0.5, 0.6) is 0 Å². The molecule has 0 aliphatic heterocycles. The number of nitrogens with zero attached hydrogens (tertiary/aromatic N) is 1. The van der Waals surface area contributed by atoms with Gasteiger partial charge in [0.2, 0.25) is 0 Å². The molecule has 0 aliphatic carbocycles. The summed E-state index contributed by atoms with van der Waals surface area (Å²) < 4.78 is 13.3. The van der Waals surface area contributed by atoms with E-state index in [1.807, 2.05) is 20.8 Å². The molecule has 0 aromatic heterocycles. The highest BCUT2D eigenvalue weighted by molar-refractivity contribution is 6.18. The second-order valence-electron chi connectivity index (χ2n) is 4.62. The lowest BCUT2D eigenvalue weighted by atomic mass is 10.0. The zero-order valence-corrected chi connectivity index (χ0v) is 12.5. The van der Waals surface area contributed by atoms with Crippen molar-refractivity contribution in [2.45, 2.75) is 39.7 Å². The number of benzene rings is 1. The second kappa shape index (κ2) is 7.49. The van der Waals surface area contributed by atoms with Crippen LogP contribution < -0.4 is 0 Å². The molecule has 106 valence electrons. The number of aryl methyl sites for hydroxylation is 1. The molecule has 4 heteroatoms. The Morgan fingerprint density at radius 1 is 1.37 bits per heavy atom. The standard InChI is InChI=1S/C15H21ClFNO/c1-4-13(5-2)18(9-8-16)15(19)14-10-12(17)7-6-11(14)3/h6-7,10,13H,4-5,8-9H2,1-3H3. The molecular formula is C15H21ClFNO. The lowest BCUT2D eigenvalue weighted by molar-refractivity contribution is 0.0680. The van der Waals surface area contributed by atoms with Crippen LogP contribution in [0.25, 0.3) is 0 Å². The number of rotatable bonds is 6. The van der Waals surface area contributed by atoms with Crippen LogP contribution >= 0.6 is 11.6 Å². The summed E-state index contributed by atoms with van der Waals surface area (Å²) in [5.41, 5.74) is 1.22. The molecule has 0 saturated heterocycles. The molecule has 0 unspecified atom stereocenters. The second-order valence-corrected chi connectivity index (χ2v) is 5.00. The van der Waals surface area contributed by atoms with E-state index in [-0.39, 0.29) is 17.8 Å². The first kappa shape index (κ1) is 16.0. The zero-order valence-electron chi connectivity index (χ0n) is 11.7. The van der Waals surface area contributed by atoms with Gasteiger partial charge in [-0.25, -0.2) is 4.39 Å². The normalized spacial score (nSPS) is 10.8. The third-order valence-corrected chi connectivity index (χ3v) is 3.57. The maximum atomic E-state index is 13.3. The third-order valence-electron chi connectivity index (χ3n) is 3.40. The maximum absolute atomic E-state index is 13.3. The highest BCUT2D eigenvalue weighted by Gasteiger charge is 2.23. The first-order chi connectivity index (χ1) is 9.04. The van der Waals surface area contributed by atoms with Gasteiger partial charge >= 0.3 is 0 Å². The van der Waals surface area contributed by atoms with Crippen LogP contribution in [0.15, 0.2) is 18.2 Å². The molecule has 0 heterocycles. The number of hydrogen-bond acceptors (Lipinski definition) is 1. The minimum absolute atomic E-state index is 0.133. The van der Waals surface area contributed by atoms with Crippen LogP contribution in [0.4, 0.5) is 4.39 Å². The van der Waals surface area contributed by atoms with Gasteiger partial charge in [-0.2, -0.15) is 0 Å². The van der Waals surface area contributed by atoms with Gasteiger partial charge in [-0.1, -0.05) is 19.9 Å². The summed E-state index contributed by atoms with van der Waals surface area (Å²) in [6.45, 7) is 6.39. The average molecular weight is 286 g/mol. The van der Waals surface area contributed by atoms with Gasteiger partial charge in [0.05, 0.1) is 0 Å². The van der Waals surface area contributed by atoms with Gasteiger partial charge in [0.25, 0.3) is 5.91 Å². The molecule has 0 bridgehead atoms. The Hall–Kier alpha value is -1.09. The molecule has 2 nitrogen and oxygen atoms in total. The third kappa shape index (κ3) is 3.93. The molecular weight excluding hydrogens is 265 g/mol. The fourth-order valence-electron chi connectivity index (χ4n) is 2.25. The van der Waals surface area contributed by atoms with Crippen LogP contribution in [0.3, 0.4) is 0 Å². The van der Waals surface area contributed by atoms with E-state index in [0.717, 1.165) is 18.4 Å². The van der Waals surface area contributed by atoms with Gasteiger partial charge in [0, 0.05) is 24.0 Å². The molecule has 1 rings (SSSR count). The van der Waals surface area contributed by atoms with Crippen molar-refractivity contribution in [2.24, 2.45) is 0 Å². The summed E-state index contributed by atoms with van der Waals surface area (Å²) in [5, 5.41) is 0. The van der Waals surface area contributed by atoms with E-state index in [1.165, 1.54) is 12.1 Å². The van der Waals surface area contributed by atoms with Crippen molar-refractivity contribution in [3.63, 3.8) is 0 Å². The van der Waals surface area contributed by atoms with E-state index in [9.17, 15) is 9.18 Å². The molecule has 19 heavy (non-hydrogen) atoms. The fourth-order valence-corrected chi connectivity index (χ4v) is 2.43. The van der Waals surface area contributed by atoms with Crippen molar-refractivity contribution >= 4 is 17.5 Å². The Balaban J connectivity index is 3.08. The van der Waals surface area contributed by atoms with Crippen molar-refractivity contribution in [1.29, 1.82) is 0 Å². The molecule has 0 spiro atoms. The molecule has 1 aromatic rings. The Morgan fingerprint density at radius 2 is 2.00 bits per heavy atom. The molecule has 1 amide bonds. The van der Waals surface area contributed by atoms with Crippen molar-refractivity contribution in [2.75, 3.05) is 12.4 Å². The van der Waals surface area contributed by atoms with Gasteiger partial charge in [0.1, 0.15) is 5.82 Å². The predicted octanol–water partition coefficient (Wildman–Crippen LogP) is 4.00. The summed E-state index contributed by atoms with van der Waals surface area (Å²) in [4.78, 5) is 14.3. The minimum atomic E-state index is -0.385. The van der Waals surface area contributed by atoms with Crippen molar-refractivity contribution in [3.8, 4) is 0 Å². The van der Waals surface area contributed by atoms with Crippen molar-refractivity contribution in [3.05, 3.63) is 35.1 Å². The summed E-state index contributed by atoms with van der Waals surface area (Å²) in [6.07, 6.45) is 1.74. The molecule has 0 radical (unpaired) electrons. The van der Waals surface area contributed by atoms with Gasteiger partial charge in [0.15, 0.2) is 0 Å². The Bertz CT molecular complexity index is 432. The molecule has 0 atom stereocenters. The van der Waals surface area contributed by atoms with E-state index in [2.05, 4.69) is 0 Å². The number of hydrogen-bond donors (Lipinski definition) is 0. The lowest BCUT2D eigenvalue weighted by Crippen LogP contribution is -2.41. The smallest absolute Gasteiger partial charge is 0.254 e. The lowest BCUT2D eigenvalue weighted by Gasteiger charge is -2.30. The van der Waals surface area contributed by atoms with E-state index in [1.54, 1.807) is 11.0 Å². The number of carbonyl (C=O) groups excluding carboxylic acids is 1. The molecule has 1 aromatic carbocycles. The monoisotopic (exact) mass is 285 g/mol. The van der Waals surface area contributed by atoms with Crippen LogP contribution in [-0.2, 0) is 0 Å². The van der Waals surface area contributed by atoms with E-state index in [4.69, 9.17) is 11.6 Å². The van der Waals surface area contributed by atoms with Gasteiger partial charge < -0.3 is 4.90 Å². The van der Waals surface area contributed by atoms with Crippen molar-refractivity contribution < 1.29 is 9.18 Å². The van der Waals surface area contributed by atoms with E-state index in [0.29, 0.717) is 18.0 Å². The number of amides is 1. The predicted molar refractivity (Wildman–Crippen MR) is 77.3 cm³/mol. The van der Waals surface area contributed by atoms with Crippen LogP contribution in [0.2, 0.25) is 0 Å². The zero-order chi connectivity index (χ0) is 14.4. The molecule has 0 fully saturated rings. The topological polar surface area (TPSA) is 20.3 Å². The van der Waals surface area contributed by atoms with Gasteiger partial charge in [-0.15, -0.1) is 11.6 Å². The summed E-state index contributed by atoms with van der Waals surface area (Å²) in [6, 6.07) is 4.46. The number of halogens is 2. The quantitative estimate of drug-likeness (QED) is 0.723. The summed E-state index contributed by atoms with van der Waals surface area (Å²) >= 11 is 5.79. The SMILES string of the molecule is CCC(CC)N(CCCl)C(=O)c1cc(F)ccc1C. The maximum Gasteiger partial charge on any atom is 0.254 e. The first-order valence-corrected chi connectivity index (χ1v) is 7.21. The minimum Gasteiger partial charge on any atom is -0.334 e.